The molecular formula is C19H24N2OS. The standard InChI is InChI=1S/C19H24N2OS/c1-14-7-8-18(23-14)9-11-21-19(22)16-5-2-4-15(12-16)17-6-3-10-20-13-17/h2,4-5,7-8,12,17,20H,3,6,9-11,13H2,1H3,(H,21,22)/t17-/m1/s1. The summed E-state index contributed by atoms with van der Waals surface area (Å²) in [6.45, 7) is 4.92. The second-order valence-electron chi connectivity index (χ2n) is 6.19. The molecule has 23 heavy (non-hydrogen) atoms. The third-order valence-electron chi connectivity index (χ3n) is 4.37. The van der Waals surface area contributed by atoms with Gasteiger partial charge in [-0.15, -0.1) is 11.3 Å². The van der Waals surface area contributed by atoms with E-state index in [1.54, 1.807) is 11.3 Å². The maximum atomic E-state index is 12.4. The van der Waals surface area contributed by atoms with Crippen LogP contribution in [-0.4, -0.2) is 25.5 Å². The van der Waals surface area contributed by atoms with E-state index < -0.39 is 0 Å². The fourth-order valence-corrected chi connectivity index (χ4v) is 3.98. The van der Waals surface area contributed by atoms with E-state index in [1.165, 1.54) is 28.2 Å². The fourth-order valence-electron chi connectivity index (χ4n) is 3.09. The van der Waals surface area contributed by atoms with Gasteiger partial charge in [-0.1, -0.05) is 12.1 Å². The number of benzene rings is 1. The molecule has 0 unspecified atom stereocenters. The van der Waals surface area contributed by atoms with Crippen molar-refractivity contribution in [2.24, 2.45) is 0 Å². The molecule has 0 aliphatic carbocycles. The number of carbonyl (C=O) groups excluding carboxylic acids is 1. The molecule has 2 aromatic rings. The van der Waals surface area contributed by atoms with Crippen molar-refractivity contribution in [2.45, 2.75) is 32.1 Å². The van der Waals surface area contributed by atoms with Crippen LogP contribution < -0.4 is 10.6 Å². The van der Waals surface area contributed by atoms with E-state index in [-0.39, 0.29) is 5.91 Å². The molecule has 0 bridgehead atoms. The van der Waals surface area contributed by atoms with Gasteiger partial charge in [0.05, 0.1) is 0 Å². The van der Waals surface area contributed by atoms with Gasteiger partial charge in [-0.25, -0.2) is 0 Å². The van der Waals surface area contributed by atoms with Crippen molar-refractivity contribution in [1.82, 2.24) is 10.6 Å². The molecule has 1 aliphatic rings. The van der Waals surface area contributed by atoms with Crippen LogP contribution >= 0.6 is 11.3 Å². The number of piperidine rings is 1. The minimum absolute atomic E-state index is 0.0314. The average molecular weight is 328 g/mol. The van der Waals surface area contributed by atoms with Crippen LogP contribution in [0.5, 0.6) is 0 Å². The Kier molecular flexibility index (Phi) is 5.47. The summed E-state index contributed by atoms with van der Waals surface area (Å²) in [5.41, 5.74) is 2.05. The van der Waals surface area contributed by atoms with E-state index in [9.17, 15) is 4.79 Å². The number of aryl methyl sites for hydroxylation is 1. The largest absolute Gasteiger partial charge is 0.352 e. The van der Waals surface area contributed by atoms with Crippen molar-refractivity contribution in [3.8, 4) is 0 Å². The highest BCUT2D eigenvalue weighted by atomic mass is 32.1. The first-order valence-corrected chi connectivity index (χ1v) is 9.18. The van der Waals surface area contributed by atoms with Crippen molar-refractivity contribution in [3.05, 3.63) is 57.3 Å². The van der Waals surface area contributed by atoms with Crippen LogP contribution in [0.1, 0.15) is 44.4 Å². The normalized spacial score (nSPS) is 17.9. The van der Waals surface area contributed by atoms with Gasteiger partial charge in [-0.05, 0) is 68.5 Å². The lowest BCUT2D eigenvalue weighted by Gasteiger charge is -2.23. The van der Waals surface area contributed by atoms with Gasteiger partial charge in [-0.3, -0.25) is 4.79 Å². The van der Waals surface area contributed by atoms with Crippen LogP contribution in [0.4, 0.5) is 0 Å². The van der Waals surface area contributed by atoms with Gasteiger partial charge >= 0.3 is 0 Å². The molecule has 4 heteroatoms. The maximum absolute atomic E-state index is 12.4. The number of rotatable bonds is 5. The first kappa shape index (κ1) is 16.2. The molecule has 1 aliphatic heterocycles. The molecule has 3 rings (SSSR count). The predicted octanol–water partition coefficient (Wildman–Crippen LogP) is 3.50. The van der Waals surface area contributed by atoms with Gasteiger partial charge in [0.1, 0.15) is 0 Å². The SMILES string of the molecule is Cc1ccc(CCNC(=O)c2cccc([C@@H]3CCCNC3)c2)s1. The minimum Gasteiger partial charge on any atom is -0.352 e. The summed E-state index contributed by atoms with van der Waals surface area (Å²) in [4.78, 5) is 15.0. The lowest BCUT2D eigenvalue weighted by atomic mass is 9.90. The number of hydrogen-bond donors (Lipinski definition) is 2. The summed E-state index contributed by atoms with van der Waals surface area (Å²) in [5, 5.41) is 6.48. The second kappa shape index (κ2) is 7.75. The van der Waals surface area contributed by atoms with Crippen LogP contribution in [0.3, 0.4) is 0 Å². The van der Waals surface area contributed by atoms with E-state index in [4.69, 9.17) is 0 Å². The second-order valence-corrected chi connectivity index (χ2v) is 7.56. The number of thiophene rings is 1. The number of amides is 1. The molecule has 0 spiro atoms. The molecule has 1 aromatic heterocycles. The molecule has 1 saturated heterocycles. The van der Waals surface area contributed by atoms with Crippen molar-refractivity contribution in [2.75, 3.05) is 19.6 Å². The number of hydrogen-bond acceptors (Lipinski definition) is 3. The van der Waals surface area contributed by atoms with Gasteiger partial charge in [0, 0.05) is 28.4 Å². The van der Waals surface area contributed by atoms with Gasteiger partial charge in [-0.2, -0.15) is 0 Å². The first-order chi connectivity index (χ1) is 11.2. The Hall–Kier alpha value is -1.65. The lowest BCUT2D eigenvalue weighted by molar-refractivity contribution is 0.0954. The van der Waals surface area contributed by atoms with E-state index >= 15 is 0 Å². The number of carbonyl (C=O) groups is 1. The Morgan fingerprint density at radius 3 is 3.00 bits per heavy atom. The predicted molar refractivity (Wildman–Crippen MR) is 96.4 cm³/mol. The fraction of sp³-hybridized carbons (Fsp3) is 0.421. The Bertz CT molecular complexity index is 659. The lowest BCUT2D eigenvalue weighted by Crippen LogP contribution is -2.29. The Balaban J connectivity index is 1.56. The van der Waals surface area contributed by atoms with Crippen LogP contribution in [-0.2, 0) is 6.42 Å². The topological polar surface area (TPSA) is 41.1 Å². The Labute approximate surface area is 142 Å². The van der Waals surface area contributed by atoms with Gasteiger partial charge in [0.2, 0.25) is 0 Å². The van der Waals surface area contributed by atoms with E-state index in [0.717, 1.165) is 25.1 Å². The first-order valence-electron chi connectivity index (χ1n) is 8.36. The van der Waals surface area contributed by atoms with E-state index in [1.807, 2.05) is 12.1 Å². The summed E-state index contributed by atoms with van der Waals surface area (Å²) >= 11 is 1.80. The summed E-state index contributed by atoms with van der Waals surface area (Å²) < 4.78 is 0. The van der Waals surface area contributed by atoms with Crippen LogP contribution in [0.25, 0.3) is 0 Å². The molecule has 1 aromatic carbocycles. The summed E-state index contributed by atoms with van der Waals surface area (Å²) in [5.74, 6) is 0.564. The van der Waals surface area contributed by atoms with E-state index in [0.29, 0.717) is 12.5 Å². The van der Waals surface area contributed by atoms with Crippen molar-refractivity contribution >= 4 is 17.2 Å². The van der Waals surface area contributed by atoms with Crippen LogP contribution in [0.2, 0.25) is 0 Å². The van der Waals surface area contributed by atoms with Crippen molar-refractivity contribution in [1.29, 1.82) is 0 Å². The minimum atomic E-state index is 0.0314. The molecule has 0 saturated carbocycles. The van der Waals surface area contributed by atoms with Crippen LogP contribution in [0, 0.1) is 6.92 Å². The third kappa shape index (κ3) is 4.43. The molecule has 3 nitrogen and oxygen atoms in total. The van der Waals surface area contributed by atoms with Crippen molar-refractivity contribution in [3.63, 3.8) is 0 Å². The van der Waals surface area contributed by atoms with Gasteiger partial charge < -0.3 is 10.6 Å². The third-order valence-corrected chi connectivity index (χ3v) is 5.43. The zero-order valence-electron chi connectivity index (χ0n) is 13.6. The zero-order chi connectivity index (χ0) is 16.1. The van der Waals surface area contributed by atoms with Gasteiger partial charge in [0.25, 0.3) is 5.91 Å². The number of nitrogens with one attached hydrogen (secondary N) is 2. The summed E-state index contributed by atoms with van der Waals surface area (Å²) in [6, 6.07) is 12.4. The average Bonchev–Trinajstić information content (AvgIpc) is 3.01. The highest BCUT2D eigenvalue weighted by Gasteiger charge is 2.16. The molecule has 1 amide bonds. The van der Waals surface area contributed by atoms with Crippen LogP contribution in [0.15, 0.2) is 36.4 Å². The molecule has 2 N–H and O–H groups in total. The quantitative estimate of drug-likeness (QED) is 0.882. The Morgan fingerprint density at radius 1 is 1.35 bits per heavy atom. The van der Waals surface area contributed by atoms with Crippen molar-refractivity contribution < 1.29 is 4.79 Å². The molecule has 0 radical (unpaired) electrons. The highest BCUT2D eigenvalue weighted by molar-refractivity contribution is 7.11. The molecule has 2 heterocycles. The van der Waals surface area contributed by atoms with E-state index in [2.05, 4.69) is 41.8 Å². The molecular weight excluding hydrogens is 304 g/mol. The maximum Gasteiger partial charge on any atom is 0.251 e. The summed E-state index contributed by atoms with van der Waals surface area (Å²) in [7, 11) is 0. The molecule has 1 atom stereocenters. The summed E-state index contributed by atoms with van der Waals surface area (Å²) in [6.07, 6.45) is 3.31. The monoisotopic (exact) mass is 328 g/mol. The molecule has 122 valence electrons. The molecule has 1 fully saturated rings. The smallest absolute Gasteiger partial charge is 0.251 e. The highest BCUT2D eigenvalue weighted by Crippen LogP contribution is 2.23. The zero-order valence-corrected chi connectivity index (χ0v) is 14.4. The Morgan fingerprint density at radius 2 is 2.26 bits per heavy atom. The van der Waals surface area contributed by atoms with Gasteiger partial charge in [0.15, 0.2) is 0 Å².